The van der Waals surface area contributed by atoms with Crippen molar-refractivity contribution in [1.82, 2.24) is 19.6 Å². The molecule has 0 spiro atoms. The second-order valence-electron chi connectivity index (χ2n) is 6.19. The first-order chi connectivity index (χ1) is 11.8. The van der Waals surface area contributed by atoms with E-state index in [1.165, 1.54) is 5.56 Å². The zero-order valence-electron chi connectivity index (χ0n) is 13.4. The van der Waals surface area contributed by atoms with E-state index in [4.69, 9.17) is 0 Å². The van der Waals surface area contributed by atoms with Crippen LogP contribution in [-0.2, 0) is 17.8 Å². The van der Waals surface area contributed by atoms with E-state index in [0.29, 0.717) is 13.1 Å². The lowest BCUT2D eigenvalue weighted by atomic mass is 10.0. The van der Waals surface area contributed by atoms with Crippen LogP contribution in [-0.4, -0.2) is 39.3 Å². The molecule has 1 saturated heterocycles. The zero-order chi connectivity index (χ0) is 16.4. The number of hydrogen-bond acceptors (Lipinski definition) is 3. The molecule has 0 bridgehead atoms. The van der Waals surface area contributed by atoms with Crippen molar-refractivity contribution >= 4 is 11.6 Å². The van der Waals surface area contributed by atoms with Gasteiger partial charge in [0.1, 0.15) is 5.65 Å². The maximum absolute atomic E-state index is 12.4. The molecule has 0 unspecified atom stereocenters. The van der Waals surface area contributed by atoms with Gasteiger partial charge < -0.3 is 14.6 Å². The summed E-state index contributed by atoms with van der Waals surface area (Å²) in [4.78, 5) is 19.0. The third-order valence-corrected chi connectivity index (χ3v) is 4.48. The van der Waals surface area contributed by atoms with Crippen LogP contribution in [0, 0.1) is 0 Å². The van der Waals surface area contributed by atoms with Gasteiger partial charge in [0.15, 0.2) is 0 Å². The number of carbonyl (C=O) groups excluding carboxylic acids is 1. The van der Waals surface area contributed by atoms with Crippen LogP contribution in [0.1, 0.15) is 11.3 Å². The second kappa shape index (κ2) is 6.45. The molecule has 0 radical (unpaired) electrons. The number of nitrogens with one attached hydrogen (secondary N) is 1. The fourth-order valence-electron chi connectivity index (χ4n) is 3.28. The van der Waals surface area contributed by atoms with Gasteiger partial charge in [0.25, 0.3) is 0 Å². The lowest BCUT2D eigenvalue weighted by molar-refractivity contribution is -0.135. The number of hydrogen-bond donors (Lipinski definition) is 1. The summed E-state index contributed by atoms with van der Waals surface area (Å²) in [6.07, 6.45) is 4.84. The van der Waals surface area contributed by atoms with Crippen molar-refractivity contribution in [3.63, 3.8) is 0 Å². The summed E-state index contributed by atoms with van der Waals surface area (Å²) in [6.45, 7) is 1.77. The summed E-state index contributed by atoms with van der Waals surface area (Å²) < 4.78 is 1.99. The van der Waals surface area contributed by atoms with Gasteiger partial charge in [-0.25, -0.2) is 4.98 Å². The molecule has 1 aliphatic rings. The Kier molecular flexibility index (Phi) is 4.01. The minimum absolute atomic E-state index is 0.138. The third-order valence-electron chi connectivity index (χ3n) is 4.48. The number of nitrogens with zero attached hydrogens (tertiary/aromatic N) is 3. The second-order valence-corrected chi connectivity index (χ2v) is 6.19. The molecule has 1 fully saturated rings. The van der Waals surface area contributed by atoms with Gasteiger partial charge in [-0.3, -0.25) is 4.79 Å². The zero-order valence-corrected chi connectivity index (χ0v) is 13.4. The highest BCUT2D eigenvalue weighted by molar-refractivity contribution is 5.79. The monoisotopic (exact) mass is 320 g/mol. The molecule has 0 saturated carbocycles. The minimum atomic E-state index is 0.138. The van der Waals surface area contributed by atoms with Crippen LogP contribution in [0.15, 0.2) is 60.9 Å². The van der Waals surface area contributed by atoms with E-state index < -0.39 is 0 Å². The smallest absolute Gasteiger partial charge is 0.237 e. The van der Waals surface area contributed by atoms with E-state index in [0.717, 1.165) is 24.3 Å². The number of aromatic nitrogens is 2. The number of piperazine rings is 1. The molecule has 2 aromatic heterocycles. The Morgan fingerprint density at radius 3 is 2.79 bits per heavy atom. The lowest BCUT2D eigenvalue weighted by Crippen LogP contribution is -2.55. The number of imidazole rings is 1. The maximum atomic E-state index is 12.4. The molecule has 122 valence electrons. The molecule has 1 atom stereocenters. The van der Waals surface area contributed by atoms with Crippen LogP contribution in [0.2, 0.25) is 0 Å². The Bertz CT molecular complexity index is 810. The molecule has 5 heteroatoms. The molecule has 1 aliphatic heterocycles. The average Bonchev–Trinajstić information content (AvgIpc) is 3.01. The molecule has 1 amide bonds. The topological polar surface area (TPSA) is 49.6 Å². The molecule has 4 rings (SSSR count). The largest absolute Gasteiger partial charge is 0.331 e. The highest BCUT2D eigenvalue weighted by Crippen LogP contribution is 2.16. The Labute approximate surface area is 140 Å². The molecule has 3 heterocycles. The van der Waals surface area contributed by atoms with E-state index in [-0.39, 0.29) is 11.9 Å². The number of carbonyl (C=O) groups is 1. The van der Waals surface area contributed by atoms with Gasteiger partial charge in [0.05, 0.1) is 18.8 Å². The predicted molar refractivity (Wildman–Crippen MR) is 92.5 cm³/mol. The van der Waals surface area contributed by atoms with Crippen molar-refractivity contribution in [3.8, 4) is 0 Å². The highest BCUT2D eigenvalue weighted by atomic mass is 16.2. The Morgan fingerprint density at radius 2 is 1.96 bits per heavy atom. The predicted octanol–water partition coefficient (Wildman–Crippen LogP) is 1.88. The SMILES string of the molecule is O=C1CNC[C@H](Cc2ccccc2)N1Cc1cn2ccccc2n1. The van der Waals surface area contributed by atoms with Crippen LogP contribution in [0.25, 0.3) is 5.65 Å². The quantitative estimate of drug-likeness (QED) is 0.798. The normalized spacial score (nSPS) is 18.2. The van der Waals surface area contributed by atoms with Crippen LogP contribution in [0.3, 0.4) is 0 Å². The number of rotatable bonds is 4. The van der Waals surface area contributed by atoms with Gasteiger partial charge in [-0.1, -0.05) is 36.4 Å². The molecular formula is C19H20N4O. The maximum Gasteiger partial charge on any atom is 0.237 e. The fraction of sp³-hybridized carbons (Fsp3) is 0.263. The number of amides is 1. The van der Waals surface area contributed by atoms with Crippen molar-refractivity contribution in [3.05, 3.63) is 72.2 Å². The standard InChI is InChI=1S/C19H20N4O/c24-19-12-20-11-17(10-15-6-2-1-3-7-15)23(19)14-16-13-22-9-5-4-8-18(22)21-16/h1-9,13,17,20H,10-12,14H2/t17-/m0/s1. The summed E-state index contributed by atoms with van der Waals surface area (Å²) in [5, 5.41) is 3.23. The van der Waals surface area contributed by atoms with Gasteiger partial charge in [0, 0.05) is 25.0 Å². The van der Waals surface area contributed by atoms with Crippen LogP contribution < -0.4 is 5.32 Å². The van der Waals surface area contributed by atoms with Gasteiger partial charge >= 0.3 is 0 Å². The molecule has 1 N–H and O–H groups in total. The van der Waals surface area contributed by atoms with Crippen LogP contribution >= 0.6 is 0 Å². The Hall–Kier alpha value is -2.66. The molecule has 24 heavy (non-hydrogen) atoms. The van der Waals surface area contributed by atoms with Gasteiger partial charge in [0.2, 0.25) is 5.91 Å². The fourth-order valence-corrected chi connectivity index (χ4v) is 3.28. The van der Waals surface area contributed by atoms with Crippen molar-refractivity contribution in [1.29, 1.82) is 0 Å². The summed E-state index contributed by atoms with van der Waals surface area (Å²) >= 11 is 0. The van der Waals surface area contributed by atoms with E-state index in [1.807, 2.05) is 58.1 Å². The van der Waals surface area contributed by atoms with Gasteiger partial charge in [-0.2, -0.15) is 0 Å². The van der Waals surface area contributed by atoms with Gasteiger partial charge in [-0.05, 0) is 24.1 Å². The Morgan fingerprint density at radius 1 is 1.12 bits per heavy atom. The minimum Gasteiger partial charge on any atom is -0.331 e. The Balaban J connectivity index is 1.56. The van der Waals surface area contributed by atoms with E-state index >= 15 is 0 Å². The van der Waals surface area contributed by atoms with Crippen molar-refractivity contribution < 1.29 is 4.79 Å². The summed E-state index contributed by atoms with van der Waals surface area (Å²) in [5.74, 6) is 0.138. The first kappa shape index (κ1) is 14.9. The highest BCUT2D eigenvalue weighted by Gasteiger charge is 2.28. The lowest BCUT2D eigenvalue weighted by Gasteiger charge is -2.36. The van der Waals surface area contributed by atoms with Crippen LogP contribution in [0.5, 0.6) is 0 Å². The van der Waals surface area contributed by atoms with E-state index in [9.17, 15) is 4.79 Å². The van der Waals surface area contributed by atoms with E-state index in [1.54, 1.807) is 0 Å². The molecule has 1 aromatic carbocycles. The first-order valence-corrected chi connectivity index (χ1v) is 8.26. The number of pyridine rings is 1. The molecule has 5 nitrogen and oxygen atoms in total. The molecule has 0 aliphatic carbocycles. The first-order valence-electron chi connectivity index (χ1n) is 8.26. The molecular weight excluding hydrogens is 300 g/mol. The summed E-state index contributed by atoms with van der Waals surface area (Å²) in [7, 11) is 0. The number of benzene rings is 1. The van der Waals surface area contributed by atoms with Crippen LogP contribution in [0.4, 0.5) is 0 Å². The molecule has 3 aromatic rings. The summed E-state index contributed by atoms with van der Waals surface area (Å²) in [5.41, 5.74) is 3.09. The van der Waals surface area contributed by atoms with Crippen molar-refractivity contribution in [2.75, 3.05) is 13.1 Å². The summed E-state index contributed by atoms with van der Waals surface area (Å²) in [6, 6.07) is 16.4. The third kappa shape index (κ3) is 3.03. The van der Waals surface area contributed by atoms with Crippen molar-refractivity contribution in [2.24, 2.45) is 0 Å². The van der Waals surface area contributed by atoms with Gasteiger partial charge in [-0.15, -0.1) is 0 Å². The van der Waals surface area contributed by atoms with E-state index in [2.05, 4.69) is 22.4 Å². The van der Waals surface area contributed by atoms with Crippen molar-refractivity contribution in [2.45, 2.75) is 19.0 Å². The number of fused-ring (bicyclic) bond motifs is 1. The average molecular weight is 320 g/mol.